The molecule has 5 aromatic heterocycles. The van der Waals surface area contributed by atoms with Crippen LogP contribution in [0.15, 0.2) is 132 Å². The number of para-hydroxylation sites is 1. The number of benzene rings is 5. The predicted octanol–water partition coefficient (Wildman–Crippen LogP) is 14.7. The van der Waals surface area contributed by atoms with Crippen molar-refractivity contribution in [1.29, 1.82) is 0 Å². The summed E-state index contributed by atoms with van der Waals surface area (Å²) in [7, 11) is -3.99. The minimum Gasteiger partial charge on any atom is -0.480 e. The second-order valence-electron chi connectivity index (χ2n) is 25.8. The Bertz CT molecular complexity index is 4820. The van der Waals surface area contributed by atoms with E-state index >= 15 is 0 Å². The van der Waals surface area contributed by atoms with Crippen LogP contribution in [0.5, 0.6) is 0 Å². The van der Waals surface area contributed by atoms with Crippen LogP contribution in [0.25, 0.3) is 43.6 Å². The second-order valence-corrected chi connectivity index (χ2v) is 27.5. The molecule has 0 aliphatic heterocycles. The maximum Gasteiger partial charge on any atom is 0.323 e. The lowest BCUT2D eigenvalue weighted by molar-refractivity contribution is -0.138. The topological polar surface area (TPSA) is 245 Å². The van der Waals surface area contributed by atoms with Gasteiger partial charge in [-0.15, -0.1) is 0 Å². The lowest BCUT2D eigenvalue weighted by Gasteiger charge is -2.29. The van der Waals surface area contributed by atoms with Crippen LogP contribution in [-0.2, 0) is 44.0 Å². The highest BCUT2D eigenvalue weighted by Crippen LogP contribution is 2.46. The van der Waals surface area contributed by atoms with Gasteiger partial charge in [0.1, 0.15) is 65.0 Å². The van der Waals surface area contributed by atoms with E-state index in [1.165, 1.54) is 60.8 Å². The fourth-order valence-corrected chi connectivity index (χ4v) is 16.4. The summed E-state index contributed by atoms with van der Waals surface area (Å²) in [6, 6.07) is 30.7. The summed E-state index contributed by atoms with van der Waals surface area (Å²) in [6.07, 6.45) is 9.66. The van der Waals surface area contributed by atoms with Gasteiger partial charge in [-0.2, -0.15) is 0 Å². The molecule has 0 saturated heterocycles. The molecule has 0 bridgehead atoms. The number of aromatic nitrogens is 5. The molecule has 5 N–H and O–H groups in total. The Labute approximate surface area is 556 Å². The van der Waals surface area contributed by atoms with Crippen molar-refractivity contribution in [3.8, 4) is 0 Å². The number of hydrogen-bond acceptors (Lipinski definition) is 9. The number of sulfonamides is 1. The van der Waals surface area contributed by atoms with Crippen LogP contribution in [0.4, 0.5) is 22.0 Å². The van der Waals surface area contributed by atoms with Crippen LogP contribution in [0.1, 0.15) is 155 Å². The molecule has 23 heteroatoms. The molecule has 5 aromatic carbocycles. The Morgan fingerprint density at radius 1 is 0.515 bits per heavy atom. The van der Waals surface area contributed by atoms with Crippen LogP contribution in [0.3, 0.4) is 0 Å². The van der Waals surface area contributed by atoms with Gasteiger partial charge in [-0.1, -0.05) is 30.3 Å². The number of carbonyl (C=O) groups is 5. The number of carboxylic acids is 3. The van der Waals surface area contributed by atoms with Gasteiger partial charge in [0.05, 0.1) is 5.52 Å². The fraction of sp³-hybridized carbons (Fsp3) is 0.338. The number of ketones is 1. The number of pyridine rings is 2. The van der Waals surface area contributed by atoms with Gasteiger partial charge < -0.3 is 34.3 Å². The first-order valence-electron chi connectivity index (χ1n) is 32.4. The molecule has 1 amide bonds. The van der Waals surface area contributed by atoms with Crippen LogP contribution in [0.2, 0.25) is 0 Å². The van der Waals surface area contributed by atoms with Crippen molar-refractivity contribution in [2.24, 2.45) is 5.92 Å². The molecule has 3 fully saturated rings. The molecule has 97 heavy (non-hydrogen) atoms. The van der Waals surface area contributed by atoms with Gasteiger partial charge in [0.25, 0.3) is 5.91 Å². The lowest BCUT2D eigenvalue weighted by atomic mass is 9.80. The number of amides is 1. The zero-order valence-electron chi connectivity index (χ0n) is 53.9. The quantitative estimate of drug-likeness (QED) is 0.0422. The normalized spacial score (nSPS) is 18.7. The highest BCUT2D eigenvalue weighted by atomic mass is 32.2. The van der Waals surface area contributed by atoms with Crippen molar-refractivity contribution in [2.45, 2.75) is 159 Å². The molecule has 3 aliphatic rings. The van der Waals surface area contributed by atoms with Gasteiger partial charge in [0.2, 0.25) is 10.0 Å². The number of carbonyl (C=O) groups excluding carboxylic acids is 2. The molecule has 0 radical (unpaired) electrons. The van der Waals surface area contributed by atoms with Gasteiger partial charge >= 0.3 is 17.9 Å². The molecule has 17 nitrogen and oxygen atoms in total. The first-order valence-corrected chi connectivity index (χ1v) is 33.9. The summed E-state index contributed by atoms with van der Waals surface area (Å²) in [5, 5.41) is 34.1. The first-order chi connectivity index (χ1) is 46.3. The molecule has 0 spiro atoms. The van der Waals surface area contributed by atoms with E-state index in [4.69, 9.17) is 0 Å². The van der Waals surface area contributed by atoms with Crippen molar-refractivity contribution in [1.82, 2.24) is 33.7 Å². The van der Waals surface area contributed by atoms with Gasteiger partial charge in [-0.3, -0.25) is 29.0 Å². The van der Waals surface area contributed by atoms with E-state index in [-0.39, 0.29) is 83.4 Å². The summed E-state index contributed by atoms with van der Waals surface area (Å²) in [6.45, 7) is 6.76. The van der Waals surface area contributed by atoms with Crippen LogP contribution in [0, 0.1) is 62.7 Å². The van der Waals surface area contributed by atoms with Gasteiger partial charge in [0, 0.05) is 85.9 Å². The number of hydrogen-bond donors (Lipinski definition) is 5. The van der Waals surface area contributed by atoms with E-state index in [9.17, 15) is 69.7 Å². The van der Waals surface area contributed by atoms with Gasteiger partial charge in [0.15, 0.2) is 5.78 Å². The number of nitrogens with zero attached hydrogens (tertiary/aromatic N) is 5. The zero-order valence-corrected chi connectivity index (χ0v) is 54.7. The van der Waals surface area contributed by atoms with E-state index in [1.807, 2.05) is 51.1 Å². The Hall–Kier alpha value is -9.61. The third-order valence-corrected chi connectivity index (χ3v) is 21.0. The molecule has 3 aliphatic carbocycles. The van der Waals surface area contributed by atoms with E-state index in [1.54, 1.807) is 51.0 Å². The predicted molar refractivity (Wildman–Crippen MR) is 357 cm³/mol. The number of aliphatic carboxylic acids is 3. The Morgan fingerprint density at radius 3 is 1.48 bits per heavy atom. The Balaban J connectivity index is 0.000000148. The molecule has 2 atom stereocenters. The van der Waals surface area contributed by atoms with Crippen molar-refractivity contribution in [2.75, 3.05) is 0 Å². The van der Waals surface area contributed by atoms with Crippen molar-refractivity contribution < 1.29 is 69.7 Å². The Kier molecular flexibility index (Phi) is 20.6. The minimum absolute atomic E-state index is 0.0428. The smallest absolute Gasteiger partial charge is 0.323 e. The lowest BCUT2D eigenvalue weighted by Crippen LogP contribution is -2.37. The Morgan fingerprint density at radius 2 is 0.990 bits per heavy atom. The average Bonchev–Trinajstić information content (AvgIpc) is 1.63. The fourth-order valence-electron chi connectivity index (χ4n) is 15.0. The number of rotatable bonds is 17. The van der Waals surface area contributed by atoms with Crippen LogP contribution >= 0.6 is 0 Å². The molecule has 506 valence electrons. The maximum atomic E-state index is 14.2. The summed E-state index contributed by atoms with van der Waals surface area (Å²) in [5.74, 6) is -5.00. The molecular formula is C74H74F5N7O10S. The largest absolute Gasteiger partial charge is 0.480 e. The monoisotopic (exact) mass is 1350 g/mol. The third-order valence-electron chi connectivity index (χ3n) is 19.4. The van der Waals surface area contributed by atoms with Crippen molar-refractivity contribution in [3.05, 3.63) is 207 Å². The highest BCUT2D eigenvalue weighted by Gasteiger charge is 2.35. The van der Waals surface area contributed by atoms with Gasteiger partial charge in [-0.05, 0) is 229 Å². The van der Waals surface area contributed by atoms with E-state index in [0.717, 1.165) is 99.1 Å². The highest BCUT2D eigenvalue weighted by molar-refractivity contribution is 7.89. The number of carboxylic acid groups (broad SMARTS) is 3. The number of fused-ring (bicyclic) bond motifs is 4. The molecule has 13 rings (SSSR count). The minimum atomic E-state index is -3.99. The third kappa shape index (κ3) is 15.3. The van der Waals surface area contributed by atoms with E-state index < -0.39 is 51.3 Å². The van der Waals surface area contributed by atoms with E-state index in [2.05, 4.69) is 20.0 Å². The van der Waals surface area contributed by atoms with Crippen molar-refractivity contribution >= 4 is 83.2 Å². The summed E-state index contributed by atoms with van der Waals surface area (Å²) < 4.78 is 103. The summed E-state index contributed by atoms with van der Waals surface area (Å²) in [4.78, 5) is 67.5. The number of halogens is 5. The van der Waals surface area contributed by atoms with Crippen LogP contribution in [-0.4, -0.2) is 89.1 Å². The molecule has 3 saturated carbocycles. The number of nitrogens with one attached hydrogen (secondary N) is 2. The zero-order chi connectivity index (χ0) is 69.1. The maximum absolute atomic E-state index is 14.2. The first kappa shape index (κ1) is 68.8. The SMILES string of the molecule is Cc1c(C2CCC(CC(=O)c3ccc4ccccc4n3)C2)c2cc(F)ccc2n1CC(=O)O.Cc1c(C2CCC(NC(=O)c3cc(F)ccn3)CC2)c2cc(F)ccc2n1CC(=O)O.Cc1ccc(S(=O)(=O)NC2CCC(c3c(C)n(CC(=O)O)c4ccc(F)cc34)CC2)c(F)c1. The van der Waals surface area contributed by atoms with Crippen molar-refractivity contribution in [3.63, 3.8) is 0 Å². The molecule has 2 unspecified atom stereocenters. The second kappa shape index (κ2) is 29.0. The molecule has 5 heterocycles. The molecular weight excluding hydrogens is 1270 g/mol. The summed E-state index contributed by atoms with van der Waals surface area (Å²) >= 11 is 0. The van der Waals surface area contributed by atoms with E-state index in [0.29, 0.717) is 72.6 Å². The van der Waals surface area contributed by atoms with Gasteiger partial charge in [-0.25, -0.2) is 40.1 Å². The summed E-state index contributed by atoms with van der Waals surface area (Å²) in [5.41, 5.74) is 9.51. The molecule has 10 aromatic rings. The van der Waals surface area contributed by atoms with Crippen LogP contribution < -0.4 is 10.0 Å². The standard InChI is InChI=1S/C27H25FN2O3.C24H26F2N2O4S.C23H23F2N3O3/c1-16-27(21-14-20(28)9-11-24(21)30(16)15-26(32)33)19-7-6-17(12-19)13-25(31)23-10-8-18-4-2-3-5-22(18)29-23;1-14-3-10-22(20(26)11-14)33(31,32)27-18-7-4-16(5-8-18)24-15(2)28(13-23(29)30)21-9-6-17(25)12-19(21)24;1-13-22(18-10-15(24)4-7-20(18)28(13)12-21(29)30)14-2-5-17(6-3-14)27-23(31)19-11-16(25)8-9-26-19/h2-5,8-11,14,17,19H,6-7,12-13,15H2,1H3,(H,32,33);3,6,9-12,16,18,27H,4-5,7-8,13H2,1-2H3,(H,29,30);4,7-11,14,17H,2-3,5-6,12H2,1H3,(H,27,31)(H,29,30). The average molecular weight is 1350 g/mol. The number of Topliss-reactive ketones (excluding diaryl/α,β-unsaturated/α-hetero) is 1. The number of aryl methyl sites for hydroxylation is 1.